The Morgan fingerprint density at radius 3 is 2.64 bits per heavy atom. The van der Waals surface area contributed by atoms with Crippen molar-refractivity contribution in [1.29, 1.82) is 0 Å². The van der Waals surface area contributed by atoms with E-state index in [9.17, 15) is 9.59 Å². The van der Waals surface area contributed by atoms with Crippen LogP contribution in [0.2, 0.25) is 0 Å². The molecule has 25 heavy (non-hydrogen) atoms. The van der Waals surface area contributed by atoms with Crippen molar-refractivity contribution in [2.75, 3.05) is 13.7 Å². The largest absolute Gasteiger partial charge is 0.468 e. The Balaban J connectivity index is 1.68. The lowest BCUT2D eigenvalue weighted by Crippen LogP contribution is -2.52. The van der Waals surface area contributed by atoms with Crippen molar-refractivity contribution in [1.82, 2.24) is 10.2 Å². The quantitative estimate of drug-likeness (QED) is 0.852. The number of ether oxygens (including phenoxy) is 1. The predicted molar refractivity (Wildman–Crippen MR) is 95.9 cm³/mol. The Hall–Kier alpha value is -1.88. The molecule has 0 saturated heterocycles. The summed E-state index contributed by atoms with van der Waals surface area (Å²) in [5, 5.41) is 3.18. The van der Waals surface area contributed by atoms with Crippen LogP contribution in [-0.2, 0) is 27.3 Å². The number of benzene rings is 1. The molecule has 1 heterocycles. The molecule has 1 amide bonds. The van der Waals surface area contributed by atoms with Crippen molar-refractivity contribution in [3.05, 3.63) is 35.4 Å². The zero-order valence-electron chi connectivity index (χ0n) is 15.2. The van der Waals surface area contributed by atoms with Gasteiger partial charge in [-0.05, 0) is 36.3 Å². The molecule has 1 N–H and O–H groups in total. The Morgan fingerprint density at radius 1 is 1.20 bits per heavy atom. The molecule has 2 aliphatic rings. The van der Waals surface area contributed by atoms with Crippen LogP contribution >= 0.6 is 0 Å². The lowest BCUT2D eigenvalue weighted by atomic mass is 9.86. The number of carbonyl (C=O) groups is 2. The van der Waals surface area contributed by atoms with Gasteiger partial charge in [0.25, 0.3) is 0 Å². The molecule has 5 nitrogen and oxygen atoms in total. The van der Waals surface area contributed by atoms with Gasteiger partial charge in [0.1, 0.15) is 6.04 Å². The van der Waals surface area contributed by atoms with Gasteiger partial charge in [0.05, 0.1) is 13.7 Å². The van der Waals surface area contributed by atoms with Gasteiger partial charge in [-0.15, -0.1) is 0 Å². The molecule has 1 aliphatic heterocycles. The molecule has 0 aromatic heterocycles. The molecule has 1 aromatic rings. The maximum absolute atomic E-state index is 12.6. The zero-order chi connectivity index (χ0) is 17.8. The second-order valence-corrected chi connectivity index (χ2v) is 7.35. The second-order valence-electron chi connectivity index (χ2n) is 7.35. The van der Waals surface area contributed by atoms with Crippen LogP contribution in [0.3, 0.4) is 0 Å². The van der Waals surface area contributed by atoms with Crippen LogP contribution in [-0.4, -0.2) is 42.5 Å². The van der Waals surface area contributed by atoms with E-state index in [1.54, 1.807) is 0 Å². The van der Waals surface area contributed by atoms with Gasteiger partial charge in [0.2, 0.25) is 5.91 Å². The molecule has 1 aliphatic carbocycles. The minimum atomic E-state index is -0.394. The fraction of sp³-hybridized carbons (Fsp3) is 0.600. The number of hydrogen-bond acceptors (Lipinski definition) is 4. The lowest BCUT2D eigenvalue weighted by molar-refractivity contribution is -0.148. The normalized spacial score (nSPS) is 26.6. The van der Waals surface area contributed by atoms with E-state index < -0.39 is 6.04 Å². The van der Waals surface area contributed by atoms with Crippen LogP contribution in [0.5, 0.6) is 0 Å². The van der Waals surface area contributed by atoms with E-state index in [2.05, 4.69) is 18.3 Å². The average Bonchev–Trinajstić information content (AvgIpc) is 2.62. The minimum absolute atomic E-state index is 0.00651. The van der Waals surface area contributed by atoms with Gasteiger partial charge in [-0.25, -0.2) is 0 Å². The van der Waals surface area contributed by atoms with Crippen LogP contribution < -0.4 is 5.32 Å². The summed E-state index contributed by atoms with van der Waals surface area (Å²) >= 11 is 0. The monoisotopic (exact) mass is 344 g/mol. The Bertz CT molecular complexity index is 631. The summed E-state index contributed by atoms with van der Waals surface area (Å²) in [5.74, 6) is 0.261. The number of nitrogens with one attached hydrogen (secondary N) is 1. The second kappa shape index (κ2) is 8.00. The van der Waals surface area contributed by atoms with Gasteiger partial charge < -0.3 is 10.1 Å². The molecule has 0 bridgehead atoms. The van der Waals surface area contributed by atoms with Crippen molar-refractivity contribution in [2.45, 2.75) is 57.7 Å². The fourth-order valence-electron chi connectivity index (χ4n) is 4.08. The summed E-state index contributed by atoms with van der Waals surface area (Å²) in [4.78, 5) is 26.7. The number of methoxy groups -OCH3 is 1. The first-order valence-corrected chi connectivity index (χ1v) is 9.26. The molecule has 0 spiro atoms. The van der Waals surface area contributed by atoms with Crippen LogP contribution in [0.1, 0.15) is 43.7 Å². The van der Waals surface area contributed by atoms with Gasteiger partial charge in [-0.3, -0.25) is 14.5 Å². The number of esters is 1. The number of amides is 1. The van der Waals surface area contributed by atoms with Crippen molar-refractivity contribution in [3.8, 4) is 0 Å². The van der Waals surface area contributed by atoms with Crippen LogP contribution in [0.4, 0.5) is 0 Å². The Kier molecular flexibility index (Phi) is 5.74. The van der Waals surface area contributed by atoms with E-state index in [0.29, 0.717) is 18.9 Å². The van der Waals surface area contributed by atoms with Crippen molar-refractivity contribution in [3.63, 3.8) is 0 Å². The van der Waals surface area contributed by atoms with Crippen molar-refractivity contribution < 1.29 is 14.3 Å². The average molecular weight is 344 g/mol. The number of rotatable bonds is 4. The van der Waals surface area contributed by atoms with Gasteiger partial charge >= 0.3 is 5.97 Å². The van der Waals surface area contributed by atoms with Crippen LogP contribution in [0.15, 0.2) is 24.3 Å². The molecule has 136 valence electrons. The summed E-state index contributed by atoms with van der Waals surface area (Å²) in [6.07, 6.45) is 5.25. The van der Waals surface area contributed by atoms with E-state index in [1.807, 2.05) is 23.1 Å². The summed E-state index contributed by atoms with van der Waals surface area (Å²) in [6, 6.07) is 7.96. The minimum Gasteiger partial charge on any atom is -0.468 e. The number of carbonyl (C=O) groups excluding carboxylic acids is 2. The summed E-state index contributed by atoms with van der Waals surface area (Å²) in [7, 11) is 1.41. The maximum atomic E-state index is 12.6. The first-order valence-electron chi connectivity index (χ1n) is 9.26. The van der Waals surface area contributed by atoms with E-state index in [0.717, 1.165) is 12.0 Å². The third-order valence-corrected chi connectivity index (χ3v) is 5.62. The molecule has 3 atom stereocenters. The van der Waals surface area contributed by atoms with Gasteiger partial charge in [0.15, 0.2) is 0 Å². The molecule has 1 aromatic carbocycles. The topological polar surface area (TPSA) is 58.6 Å². The van der Waals surface area contributed by atoms with Gasteiger partial charge in [-0.1, -0.05) is 44.0 Å². The van der Waals surface area contributed by atoms with E-state index in [-0.39, 0.29) is 24.5 Å². The molecule has 5 heteroatoms. The first kappa shape index (κ1) is 17.9. The highest BCUT2D eigenvalue weighted by atomic mass is 16.5. The summed E-state index contributed by atoms with van der Waals surface area (Å²) in [5.41, 5.74) is 2.34. The maximum Gasteiger partial charge on any atom is 0.323 e. The smallest absolute Gasteiger partial charge is 0.323 e. The summed E-state index contributed by atoms with van der Waals surface area (Å²) < 4.78 is 4.97. The summed E-state index contributed by atoms with van der Waals surface area (Å²) in [6.45, 7) is 3.04. The van der Waals surface area contributed by atoms with Crippen LogP contribution in [0.25, 0.3) is 0 Å². The van der Waals surface area contributed by atoms with Crippen molar-refractivity contribution in [2.24, 2.45) is 5.92 Å². The van der Waals surface area contributed by atoms with E-state index >= 15 is 0 Å². The van der Waals surface area contributed by atoms with E-state index in [1.165, 1.54) is 31.9 Å². The first-order chi connectivity index (χ1) is 12.1. The van der Waals surface area contributed by atoms with Crippen LogP contribution in [0, 0.1) is 5.92 Å². The number of fused-ring (bicyclic) bond motifs is 1. The predicted octanol–water partition coefficient (Wildman–Crippen LogP) is 2.28. The number of nitrogens with zero attached hydrogens (tertiary/aromatic N) is 1. The molecular weight excluding hydrogens is 316 g/mol. The third-order valence-electron chi connectivity index (χ3n) is 5.62. The molecule has 3 rings (SSSR count). The molecule has 1 fully saturated rings. The molecule has 0 unspecified atom stereocenters. The molecular formula is C20H28N2O3. The van der Waals surface area contributed by atoms with Gasteiger partial charge in [-0.2, -0.15) is 0 Å². The highest BCUT2D eigenvalue weighted by molar-refractivity contribution is 5.81. The molecule has 1 saturated carbocycles. The lowest BCUT2D eigenvalue weighted by Gasteiger charge is -2.35. The Morgan fingerprint density at radius 2 is 1.92 bits per heavy atom. The SMILES string of the molecule is COC(=O)[C@H]1Cc2ccccc2CN1CC(=O)N[C@H]1CCCC[C@@H]1C. The highest BCUT2D eigenvalue weighted by Crippen LogP contribution is 2.25. The van der Waals surface area contributed by atoms with Crippen molar-refractivity contribution >= 4 is 11.9 Å². The fourth-order valence-corrected chi connectivity index (χ4v) is 4.08. The van der Waals surface area contributed by atoms with Gasteiger partial charge in [0, 0.05) is 12.6 Å². The third kappa shape index (κ3) is 4.21. The molecule has 0 radical (unpaired) electrons. The standard InChI is InChI=1S/C20H28N2O3/c1-14-7-3-6-10-17(14)21-19(23)13-22-12-16-9-5-4-8-15(16)11-18(22)20(24)25-2/h4-5,8-9,14,17-18H,3,6-7,10-13H2,1-2H3,(H,21,23)/t14-,17-,18+/m0/s1. The zero-order valence-corrected chi connectivity index (χ0v) is 15.2. The Labute approximate surface area is 149 Å². The number of hydrogen-bond donors (Lipinski definition) is 1. The highest BCUT2D eigenvalue weighted by Gasteiger charge is 2.34. The van der Waals surface area contributed by atoms with E-state index in [4.69, 9.17) is 4.74 Å².